The minimum atomic E-state index is -0.194. The van der Waals surface area contributed by atoms with E-state index in [1.165, 1.54) is 37.6 Å². The van der Waals surface area contributed by atoms with Gasteiger partial charge >= 0.3 is 0 Å². The second-order valence-electron chi connectivity index (χ2n) is 6.82. The van der Waals surface area contributed by atoms with Crippen LogP contribution in [0.5, 0.6) is 0 Å². The first kappa shape index (κ1) is 17.6. The van der Waals surface area contributed by atoms with E-state index in [9.17, 15) is 4.79 Å². The van der Waals surface area contributed by atoms with Gasteiger partial charge in [0.2, 0.25) is 5.95 Å². The van der Waals surface area contributed by atoms with Gasteiger partial charge in [-0.05, 0) is 43.0 Å². The molecule has 2 aromatic rings. The number of ether oxygens (including phenoxy) is 1. The van der Waals surface area contributed by atoms with Gasteiger partial charge in [0.25, 0.3) is 5.56 Å². The Morgan fingerprint density at radius 1 is 1.36 bits per heavy atom. The normalized spacial score (nSPS) is 18.2. The van der Waals surface area contributed by atoms with Crippen LogP contribution in [0, 0.1) is 5.92 Å². The fourth-order valence-electron chi connectivity index (χ4n) is 3.31. The number of nitrogens with one attached hydrogen (secondary N) is 2. The Hall–Kier alpha value is -2.18. The van der Waals surface area contributed by atoms with Gasteiger partial charge in [-0.15, -0.1) is 0 Å². The molecule has 2 N–H and O–H groups in total. The Labute approximate surface area is 148 Å². The Bertz CT molecular complexity index is 742. The number of anilines is 2. The molecule has 0 amide bonds. The van der Waals surface area contributed by atoms with Crippen LogP contribution in [0.15, 0.2) is 35.1 Å². The number of aromatic nitrogens is 2. The molecule has 0 radical (unpaired) electrons. The zero-order valence-corrected chi connectivity index (χ0v) is 14.9. The summed E-state index contributed by atoms with van der Waals surface area (Å²) in [4.78, 5) is 21.2. The van der Waals surface area contributed by atoms with E-state index in [4.69, 9.17) is 4.74 Å². The van der Waals surface area contributed by atoms with E-state index in [0.29, 0.717) is 18.2 Å². The van der Waals surface area contributed by atoms with Crippen molar-refractivity contribution in [3.05, 3.63) is 51.9 Å². The average molecular weight is 342 g/mol. The molecule has 134 valence electrons. The van der Waals surface area contributed by atoms with E-state index >= 15 is 0 Å². The van der Waals surface area contributed by atoms with Crippen molar-refractivity contribution in [3.8, 4) is 0 Å². The number of piperidine rings is 1. The van der Waals surface area contributed by atoms with Crippen LogP contribution in [-0.2, 0) is 17.9 Å². The summed E-state index contributed by atoms with van der Waals surface area (Å²) in [5.74, 6) is 1.22. The van der Waals surface area contributed by atoms with Crippen LogP contribution in [0.3, 0.4) is 0 Å². The largest absolute Gasteiger partial charge is 0.378 e. The van der Waals surface area contributed by atoms with Gasteiger partial charge in [0.05, 0.1) is 12.3 Å². The van der Waals surface area contributed by atoms with E-state index in [-0.39, 0.29) is 5.56 Å². The molecule has 1 aliphatic rings. The van der Waals surface area contributed by atoms with Crippen molar-refractivity contribution in [2.75, 3.05) is 25.5 Å². The minimum Gasteiger partial charge on any atom is -0.378 e. The van der Waals surface area contributed by atoms with Gasteiger partial charge in [0.15, 0.2) is 0 Å². The first-order valence-corrected chi connectivity index (χ1v) is 8.80. The van der Waals surface area contributed by atoms with Gasteiger partial charge in [-0.2, -0.15) is 0 Å². The van der Waals surface area contributed by atoms with Gasteiger partial charge in [-0.1, -0.05) is 19.1 Å². The van der Waals surface area contributed by atoms with Crippen LogP contribution in [0.4, 0.5) is 11.6 Å². The molecule has 1 fully saturated rings. The summed E-state index contributed by atoms with van der Waals surface area (Å²) in [7, 11) is 1.58. The number of benzene rings is 1. The second kappa shape index (κ2) is 8.27. The summed E-state index contributed by atoms with van der Waals surface area (Å²) in [5, 5.41) is 3.15. The Balaban J connectivity index is 1.63. The lowest BCUT2D eigenvalue weighted by Gasteiger charge is -2.30. The fourth-order valence-corrected chi connectivity index (χ4v) is 3.31. The molecular weight excluding hydrogens is 316 g/mol. The van der Waals surface area contributed by atoms with Crippen LogP contribution in [0.1, 0.15) is 31.0 Å². The lowest BCUT2D eigenvalue weighted by atomic mass is 10.00. The molecule has 0 spiro atoms. The van der Waals surface area contributed by atoms with Crippen LogP contribution in [0.25, 0.3) is 0 Å². The van der Waals surface area contributed by atoms with Crippen LogP contribution in [0.2, 0.25) is 0 Å². The topological polar surface area (TPSA) is 70.2 Å². The number of nitrogens with zero attached hydrogens (tertiary/aromatic N) is 2. The number of H-pyrrole nitrogens is 1. The molecule has 1 aromatic heterocycles. The first-order chi connectivity index (χ1) is 12.1. The van der Waals surface area contributed by atoms with Gasteiger partial charge in [0, 0.05) is 32.0 Å². The molecule has 0 bridgehead atoms. The van der Waals surface area contributed by atoms with Crippen molar-refractivity contribution >= 4 is 11.6 Å². The molecule has 1 unspecified atom stereocenters. The summed E-state index contributed by atoms with van der Waals surface area (Å²) in [6, 6.07) is 9.73. The smallest absolute Gasteiger partial charge is 0.252 e. The lowest BCUT2D eigenvalue weighted by Crippen LogP contribution is -2.33. The molecule has 1 aliphatic heterocycles. The van der Waals surface area contributed by atoms with Crippen LogP contribution >= 0.6 is 0 Å². The van der Waals surface area contributed by atoms with Crippen molar-refractivity contribution in [2.24, 2.45) is 5.92 Å². The zero-order valence-electron chi connectivity index (χ0n) is 14.9. The Morgan fingerprint density at radius 2 is 2.16 bits per heavy atom. The molecule has 0 saturated carbocycles. The number of likely N-dealkylation sites (tertiary alicyclic amines) is 1. The number of aromatic amines is 1. The third-order valence-electron chi connectivity index (χ3n) is 4.45. The predicted octanol–water partition coefficient (Wildman–Crippen LogP) is 2.89. The summed E-state index contributed by atoms with van der Waals surface area (Å²) in [6.07, 6.45) is 2.63. The molecule has 2 heterocycles. The maximum atomic E-state index is 11.7. The third kappa shape index (κ3) is 5.14. The Kier molecular flexibility index (Phi) is 5.83. The molecule has 1 atom stereocenters. The number of methoxy groups -OCH3 is 1. The molecule has 0 aliphatic carbocycles. The SMILES string of the molecule is COCc1cc(=O)[nH]c(Nc2ccc(CN3CCCC(C)C3)cc2)n1. The lowest BCUT2D eigenvalue weighted by molar-refractivity contribution is 0.176. The van der Waals surface area contributed by atoms with Gasteiger partial charge in [-0.25, -0.2) is 4.98 Å². The standard InChI is InChI=1S/C19H26N4O2/c1-14-4-3-9-23(11-14)12-15-5-7-16(8-6-15)20-19-21-17(13-25-2)10-18(24)22-19/h5-8,10,14H,3-4,9,11-13H2,1-2H3,(H2,20,21,22,24). The average Bonchev–Trinajstić information content (AvgIpc) is 2.56. The monoisotopic (exact) mass is 342 g/mol. The van der Waals surface area contributed by atoms with E-state index in [1.54, 1.807) is 7.11 Å². The van der Waals surface area contributed by atoms with Crippen LogP contribution < -0.4 is 10.9 Å². The summed E-state index contributed by atoms with van der Waals surface area (Å²) in [5.41, 5.74) is 2.60. The number of hydrogen-bond donors (Lipinski definition) is 2. The van der Waals surface area contributed by atoms with Crippen LogP contribution in [-0.4, -0.2) is 35.1 Å². The first-order valence-electron chi connectivity index (χ1n) is 8.80. The van der Waals surface area contributed by atoms with Crippen molar-refractivity contribution < 1.29 is 4.74 Å². The molecule has 1 aromatic carbocycles. The molecule has 25 heavy (non-hydrogen) atoms. The summed E-state index contributed by atoms with van der Waals surface area (Å²) >= 11 is 0. The summed E-state index contributed by atoms with van der Waals surface area (Å²) in [6.45, 7) is 5.98. The van der Waals surface area contributed by atoms with Crippen molar-refractivity contribution in [3.63, 3.8) is 0 Å². The highest BCUT2D eigenvalue weighted by molar-refractivity contribution is 5.53. The molecule has 6 heteroatoms. The quantitative estimate of drug-likeness (QED) is 0.845. The predicted molar refractivity (Wildman–Crippen MR) is 99.0 cm³/mol. The van der Waals surface area contributed by atoms with Gasteiger partial charge < -0.3 is 10.1 Å². The summed E-state index contributed by atoms with van der Waals surface area (Å²) < 4.78 is 5.04. The number of hydrogen-bond acceptors (Lipinski definition) is 5. The molecule has 3 rings (SSSR count). The van der Waals surface area contributed by atoms with Crippen molar-refractivity contribution in [1.29, 1.82) is 0 Å². The molecule has 6 nitrogen and oxygen atoms in total. The van der Waals surface area contributed by atoms with E-state index in [2.05, 4.69) is 39.2 Å². The molecular formula is C19H26N4O2. The highest BCUT2D eigenvalue weighted by atomic mass is 16.5. The van der Waals surface area contributed by atoms with Crippen molar-refractivity contribution in [2.45, 2.75) is 32.9 Å². The highest BCUT2D eigenvalue weighted by Crippen LogP contribution is 2.19. The second-order valence-corrected chi connectivity index (χ2v) is 6.82. The highest BCUT2D eigenvalue weighted by Gasteiger charge is 2.16. The van der Waals surface area contributed by atoms with E-state index < -0.39 is 0 Å². The molecule has 1 saturated heterocycles. The third-order valence-corrected chi connectivity index (χ3v) is 4.45. The Morgan fingerprint density at radius 3 is 2.88 bits per heavy atom. The number of rotatable bonds is 6. The van der Waals surface area contributed by atoms with E-state index in [1.807, 2.05) is 12.1 Å². The fraction of sp³-hybridized carbons (Fsp3) is 0.474. The van der Waals surface area contributed by atoms with Gasteiger partial charge in [-0.3, -0.25) is 14.7 Å². The zero-order chi connectivity index (χ0) is 17.6. The van der Waals surface area contributed by atoms with Gasteiger partial charge in [0.1, 0.15) is 0 Å². The van der Waals surface area contributed by atoms with Crippen molar-refractivity contribution in [1.82, 2.24) is 14.9 Å². The minimum absolute atomic E-state index is 0.194. The maximum absolute atomic E-state index is 11.7. The maximum Gasteiger partial charge on any atom is 0.252 e. The van der Waals surface area contributed by atoms with E-state index in [0.717, 1.165) is 18.2 Å².